The number of rotatable bonds is 2. The van der Waals surface area contributed by atoms with Crippen molar-refractivity contribution in [1.82, 2.24) is 0 Å². The molecule has 0 aromatic heterocycles. The van der Waals surface area contributed by atoms with E-state index in [0.29, 0.717) is 5.92 Å². The van der Waals surface area contributed by atoms with Crippen LogP contribution in [0.5, 0.6) is 0 Å². The molecular weight excluding hydrogens is 230 g/mol. The summed E-state index contributed by atoms with van der Waals surface area (Å²) in [5.41, 5.74) is 2.40. The van der Waals surface area contributed by atoms with Crippen LogP contribution in [0.25, 0.3) is 21.5 Å². The van der Waals surface area contributed by atoms with Crippen LogP contribution in [0, 0.1) is 0 Å². The molecule has 0 atom stereocenters. The molecule has 0 aliphatic carbocycles. The normalized spacial score (nSPS) is 11.3. The molecule has 3 aromatic carbocycles. The van der Waals surface area contributed by atoms with E-state index >= 15 is 0 Å². The summed E-state index contributed by atoms with van der Waals surface area (Å²) in [6.07, 6.45) is 0. The fraction of sp³-hybridized carbons (Fsp3) is 0.167. The second kappa shape index (κ2) is 4.51. The van der Waals surface area contributed by atoms with Crippen molar-refractivity contribution in [2.75, 3.05) is 0 Å². The van der Waals surface area contributed by atoms with Crippen LogP contribution in [0.3, 0.4) is 0 Å². The van der Waals surface area contributed by atoms with Crippen molar-refractivity contribution in [3.8, 4) is 0 Å². The Morgan fingerprint density at radius 1 is 0.789 bits per heavy atom. The molecule has 1 nitrogen and oxygen atoms in total. The first-order chi connectivity index (χ1) is 9.24. The van der Waals surface area contributed by atoms with Gasteiger partial charge in [-0.1, -0.05) is 62.4 Å². The number of hydrogen-bond donors (Lipinski definition) is 0. The van der Waals surface area contributed by atoms with Gasteiger partial charge >= 0.3 is 0 Å². The van der Waals surface area contributed by atoms with E-state index in [1.807, 2.05) is 0 Å². The third-order valence-electron chi connectivity index (χ3n) is 3.68. The summed E-state index contributed by atoms with van der Waals surface area (Å²) in [7, 11) is 0. The number of aliphatic imine (C=N–C) groups is 1. The molecule has 19 heavy (non-hydrogen) atoms. The molecule has 3 rings (SSSR count). The smallest absolute Gasteiger partial charge is 0.0779 e. The van der Waals surface area contributed by atoms with E-state index in [9.17, 15) is 0 Å². The maximum absolute atomic E-state index is 4.28. The van der Waals surface area contributed by atoms with Crippen LogP contribution in [0.15, 0.2) is 53.5 Å². The number of fused-ring (bicyclic) bond motifs is 2. The van der Waals surface area contributed by atoms with Crippen LogP contribution >= 0.6 is 0 Å². The number of benzene rings is 3. The van der Waals surface area contributed by atoms with E-state index in [2.05, 4.69) is 74.1 Å². The fourth-order valence-electron chi connectivity index (χ4n) is 2.93. The third-order valence-corrected chi connectivity index (χ3v) is 3.68. The molecule has 0 spiro atoms. The summed E-state index contributed by atoms with van der Waals surface area (Å²) in [5.74, 6) is 0.480. The van der Waals surface area contributed by atoms with Gasteiger partial charge in [-0.15, -0.1) is 0 Å². The average Bonchev–Trinajstić information content (AvgIpc) is 2.44. The second-order valence-corrected chi connectivity index (χ2v) is 5.17. The molecule has 0 saturated heterocycles. The molecule has 0 saturated carbocycles. The van der Waals surface area contributed by atoms with E-state index in [0.717, 1.165) is 5.69 Å². The van der Waals surface area contributed by atoms with Gasteiger partial charge < -0.3 is 0 Å². The van der Waals surface area contributed by atoms with Gasteiger partial charge in [0.1, 0.15) is 0 Å². The van der Waals surface area contributed by atoms with Gasteiger partial charge in [-0.2, -0.15) is 0 Å². The van der Waals surface area contributed by atoms with Crippen molar-refractivity contribution in [3.05, 3.63) is 54.1 Å². The SMILES string of the molecule is C=Nc1c2ccccc2c(C(C)C)c2ccccc12. The van der Waals surface area contributed by atoms with Gasteiger partial charge in [-0.25, -0.2) is 0 Å². The average molecular weight is 247 g/mol. The Hall–Kier alpha value is -2.15. The van der Waals surface area contributed by atoms with Gasteiger partial charge in [0.25, 0.3) is 0 Å². The Kier molecular flexibility index (Phi) is 2.83. The molecular formula is C18H17N. The van der Waals surface area contributed by atoms with Crippen molar-refractivity contribution >= 4 is 33.9 Å². The summed E-state index contributed by atoms with van der Waals surface area (Å²) in [6, 6.07) is 17.0. The lowest BCUT2D eigenvalue weighted by Gasteiger charge is -2.16. The van der Waals surface area contributed by atoms with E-state index < -0.39 is 0 Å². The first-order valence-corrected chi connectivity index (χ1v) is 6.64. The highest BCUT2D eigenvalue weighted by atomic mass is 14.7. The second-order valence-electron chi connectivity index (χ2n) is 5.17. The van der Waals surface area contributed by atoms with Crippen LogP contribution in [-0.2, 0) is 0 Å². The minimum absolute atomic E-state index is 0.480. The molecule has 0 aliphatic heterocycles. The monoisotopic (exact) mass is 247 g/mol. The molecule has 0 radical (unpaired) electrons. The Labute approximate surface area is 113 Å². The lowest BCUT2D eigenvalue weighted by molar-refractivity contribution is 0.885. The van der Waals surface area contributed by atoms with Crippen LogP contribution in [0.4, 0.5) is 5.69 Å². The minimum atomic E-state index is 0.480. The maximum atomic E-state index is 4.28. The summed E-state index contributed by atoms with van der Waals surface area (Å²) in [6.45, 7) is 8.25. The van der Waals surface area contributed by atoms with Crippen LogP contribution in [0.2, 0.25) is 0 Å². The van der Waals surface area contributed by atoms with Gasteiger partial charge in [-0.3, -0.25) is 4.99 Å². The van der Waals surface area contributed by atoms with Crippen molar-refractivity contribution in [1.29, 1.82) is 0 Å². The molecule has 1 heteroatoms. The fourth-order valence-corrected chi connectivity index (χ4v) is 2.93. The van der Waals surface area contributed by atoms with Crippen LogP contribution in [-0.4, -0.2) is 6.72 Å². The first kappa shape index (κ1) is 11.9. The Morgan fingerprint density at radius 2 is 1.21 bits per heavy atom. The number of nitrogens with zero attached hydrogens (tertiary/aromatic N) is 1. The van der Waals surface area contributed by atoms with E-state index in [-0.39, 0.29) is 0 Å². The lowest BCUT2D eigenvalue weighted by Crippen LogP contribution is -1.93. The van der Waals surface area contributed by atoms with Crippen molar-refractivity contribution in [3.63, 3.8) is 0 Å². The Morgan fingerprint density at radius 3 is 1.58 bits per heavy atom. The summed E-state index contributed by atoms with van der Waals surface area (Å²) in [4.78, 5) is 4.28. The molecule has 0 amide bonds. The Bertz CT molecular complexity index is 712. The van der Waals surface area contributed by atoms with Crippen molar-refractivity contribution in [2.45, 2.75) is 19.8 Å². The molecule has 0 heterocycles. The van der Waals surface area contributed by atoms with Crippen LogP contribution < -0.4 is 0 Å². The quantitative estimate of drug-likeness (QED) is 0.422. The molecule has 0 N–H and O–H groups in total. The molecule has 0 fully saturated rings. The highest BCUT2D eigenvalue weighted by molar-refractivity contribution is 6.13. The molecule has 0 bridgehead atoms. The zero-order valence-electron chi connectivity index (χ0n) is 11.4. The van der Waals surface area contributed by atoms with Gasteiger partial charge in [0.2, 0.25) is 0 Å². The molecule has 94 valence electrons. The third kappa shape index (κ3) is 1.74. The summed E-state index contributed by atoms with van der Waals surface area (Å²) >= 11 is 0. The van der Waals surface area contributed by atoms with E-state index in [1.165, 1.54) is 27.1 Å². The predicted molar refractivity (Wildman–Crippen MR) is 84.8 cm³/mol. The predicted octanol–water partition coefficient (Wildman–Crippen LogP) is 5.45. The summed E-state index contributed by atoms with van der Waals surface area (Å²) in [5, 5.41) is 4.97. The number of hydrogen-bond acceptors (Lipinski definition) is 1. The zero-order chi connectivity index (χ0) is 13.4. The topological polar surface area (TPSA) is 12.4 Å². The largest absolute Gasteiger partial charge is 0.263 e. The van der Waals surface area contributed by atoms with Gasteiger partial charge in [0.05, 0.1) is 5.69 Å². The summed E-state index contributed by atoms with van der Waals surface area (Å²) < 4.78 is 0. The maximum Gasteiger partial charge on any atom is 0.0779 e. The standard InChI is InChI=1S/C18H17N/c1-12(2)17-13-8-4-6-10-15(13)18(19-3)16-11-7-5-9-14(16)17/h4-12H,3H2,1-2H3. The highest BCUT2D eigenvalue weighted by Crippen LogP contribution is 2.40. The van der Waals surface area contributed by atoms with Gasteiger partial charge in [0, 0.05) is 10.8 Å². The minimum Gasteiger partial charge on any atom is -0.263 e. The van der Waals surface area contributed by atoms with Gasteiger partial charge in [-0.05, 0) is 29.0 Å². The lowest BCUT2D eigenvalue weighted by atomic mass is 9.89. The van der Waals surface area contributed by atoms with Crippen LogP contribution in [0.1, 0.15) is 25.3 Å². The molecule has 0 unspecified atom stereocenters. The zero-order valence-corrected chi connectivity index (χ0v) is 11.4. The van der Waals surface area contributed by atoms with Gasteiger partial charge in [0.15, 0.2) is 0 Å². The Balaban J connectivity index is 2.65. The highest BCUT2D eigenvalue weighted by Gasteiger charge is 2.14. The van der Waals surface area contributed by atoms with Crippen molar-refractivity contribution in [2.24, 2.45) is 4.99 Å². The van der Waals surface area contributed by atoms with E-state index in [1.54, 1.807) is 0 Å². The van der Waals surface area contributed by atoms with Crippen molar-refractivity contribution < 1.29 is 0 Å². The first-order valence-electron chi connectivity index (χ1n) is 6.64. The molecule has 0 aliphatic rings. The van der Waals surface area contributed by atoms with E-state index in [4.69, 9.17) is 0 Å². The molecule has 3 aromatic rings.